The molecule has 0 aromatic carbocycles. The van der Waals surface area contributed by atoms with Crippen molar-refractivity contribution in [2.75, 3.05) is 6.54 Å². The van der Waals surface area contributed by atoms with Crippen molar-refractivity contribution in [1.29, 1.82) is 0 Å². The molecule has 2 aliphatic rings. The van der Waals surface area contributed by atoms with Crippen LogP contribution < -0.4 is 10.6 Å². The van der Waals surface area contributed by atoms with Crippen LogP contribution in [-0.2, 0) is 14.3 Å². The average molecular weight is 443 g/mol. The van der Waals surface area contributed by atoms with E-state index in [1.54, 1.807) is 20.8 Å². The highest BCUT2D eigenvalue weighted by Crippen LogP contribution is 2.33. The molecule has 1 aromatic heterocycles. The smallest absolute Gasteiger partial charge is 0.408 e. The van der Waals surface area contributed by atoms with Crippen LogP contribution in [-0.4, -0.2) is 47.2 Å². The molecule has 1 unspecified atom stereocenters. The molecule has 2 aliphatic heterocycles. The Labute approximate surface area is 189 Å². The lowest BCUT2D eigenvalue weighted by molar-refractivity contribution is -0.118. The van der Waals surface area contributed by atoms with Gasteiger partial charge in [0.25, 0.3) is 0 Å². The van der Waals surface area contributed by atoms with Crippen LogP contribution in [0.1, 0.15) is 77.6 Å². The number of pyridine rings is 1. The first-order chi connectivity index (χ1) is 15.1. The fourth-order valence-electron chi connectivity index (χ4n) is 3.98. The number of allylic oxidation sites excluding steroid dienone is 1. The van der Waals surface area contributed by atoms with Gasteiger partial charge in [0, 0.05) is 18.0 Å². The van der Waals surface area contributed by atoms with Crippen LogP contribution in [0.5, 0.6) is 0 Å². The fourth-order valence-corrected chi connectivity index (χ4v) is 3.98. The lowest BCUT2D eigenvalue weighted by atomic mass is 9.89. The molecule has 2 amide bonds. The molecule has 1 fully saturated rings. The molecule has 0 radical (unpaired) electrons. The molecule has 1 saturated heterocycles. The van der Waals surface area contributed by atoms with Crippen molar-refractivity contribution in [1.82, 2.24) is 15.6 Å². The van der Waals surface area contributed by atoms with Crippen LogP contribution in [0.25, 0.3) is 5.70 Å². The number of carbonyl (C=O) groups is 2. The molecule has 8 heteroatoms. The summed E-state index contributed by atoms with van der Waals surface area (Å²) < 4.78 is 11.0. The van der Waals surface area contributed by atoms with Crippen molar-refractivity contribution in [3.8, 4) is 0 Å². The number of nitrogens with zero attached hydrogens (tertiary/aromatic N) is 2. The number of amidine groups is 1. The second kappa shape index (κ2) is 10.3. The minimum atomic E-state index is -0.628. The summed E-state index contributed by atoms with van der Waals surface area (Å²) in [6.07, 6.45) is 5.13. The third-order valence-electron chi connectivity index (χ3n) is 5.20. The number of aromatic nitrogens is 1. The molecule has 8 nitrogen and oxygen atoms in total. The van der Waals surface area contributed by atoms with E-state index in [4.69, 9.17) is 14.5 Å². The molecule has 0 saturated carbocycles. The number of carbonyl (C=O) groups excluding carboxylic acids is 2. The summed E-state index contributed by atoms with van der Waals surface area (Å²) in [7, 11) is 0. The molecular weight excluding hydrogens is 408 g/mol. The van der Waals surface area contributed by atoms with Gasteiger partial charge in [-0.15, -0.1) is 0 Å². The van der Waals surface area contributed by atoms with Crippen LogP contribution >= 0.6 is 0 Å². The van der Waals surface area contributed by atoms with Crippen LogP contribution in [0.3, 0.4) is 0 Å². The monoisotopic (exact) mass is 442 g/mol. The minimum Gasteiger partial charge on any atom is -0.444 e. The maximum absolute atomic E-state index is 12.2. The van der Waals surface area contributed by atoms with Crippen LogP contribution in [0.15, 0.2) is 29.3 Å². The molecule has 32 heavy (non-hydrogen) atoms. The summed E-state index contributed by atoms with van der Waals surface area (Å²) in [6, 6.07) is 6.02. The SMILES string of the molecule is C[C@@H]1CC(c2cccc(C3=CCCC(NC(=O)CNC(=O)OC(C)(C)C)=N3)n2)C[C@H](C)O1. The number of aliphatic imine (C=N–C) groups is 1. The van der Waals surface area contributed by atoms with E-state index < -0.39 is 11.7 Å². The van der Waals surface area contributed by atoms with Crippen molar-refractivity contribution in [2.45, 2.75) is 84.0 Å². The van der Waals surface area contributed by atoms with Gasteiger partial charge in [0.1, 0.15) is 18.0 Å². The van der Waals surface area contributed by atoms with E-state index in [1.807, 2.05) is 18.2 Å². The normalized spacial score (nSPS) is 23.6. The highest BCUT2D eigenvalue weighted by Gasteiger charge is 2.27. The maximum Gasteiger partial charge on any atom is 0.408 e. The number of rotatable bonds is 4. The first-order valence-corrected chi connectivity index (χ1v) is 11.3. The maximum atomic E-state index is 12.2. The second-order valence-corrected chi connectivity index (χ2v) is 9.46. The van der Waals surface area contributed by atoms with E-state index in [2.05, 4.69) is 35.5 Å². The predicted octanol–water partition coefficient (Wildman–Crippen LogP) is 3.93. The highest BCUT2D eigenvalue weighted by molar-refractivity contribution is 6.02. The Bertz CT molecular complexity index is 894. The zero-order valence-corrected chi connectivity index (χ0v) is 19.6. The third-order valence-corrected chi connectivity index (χ3v) is 5.20. The number of nitrogens with one attached hydrogen (secondary N) is 2. The van der Waals surface area contributed by atoms with E-state index in [9.17, 15) is 9.59 Å². The average Bonchev–Trinajstić information content (AvgIpc) is 2.71. The summed E-state index contributed by atoms with van der Waals surface area (Å²) in [4.78, 5) is 33.5. The van der Waals surface area contributed by atoms with Crippen molar-refractivity contribution in [3.05, 3.63) is 35.7 Å². The van der Waals surface area contributed by atoms with Crippen molar-refractivity contribution in [2.24, 2.45) is 4.99 Å². The van der Waals surface area contributed by atoms with Crippen LogP contribution in [0.4, 0.5) is 4.79 Å². The largest absolute Gasteiger partial charge is 0.444 e. The molecule has 0 bridgehead atoms. The molecule has 2 N–H and O–H groups in total. The summed E-state index contributed by atoms with van der Waals surface area (Å²) in [5.74, 6) is 0.585. The van der Waals surface area contributed by atoms with Gasteiger partial charge in [-0.25, -0.2) is 9.79 Å². The van der Waals surface area contributed by atoms with Gasteiger partial charge in [0.05, 0.1) is 23.6 Å². The number of ether oxygens (including phenoxy) is 2. The third kappa shape index (κ3) is 7.15. The molecule has 1 aromatic rings. The van der Waals surface area contributed by atoms with Gasteiger partial charge in [-0.05, 0) is 66.0 Å². The van der Waals surface area contributed by atoms with E-state index in [0.29, 0.717) is 18.2 Å². The number of alkyl carbamates (subject to hydrolysis) is 1. The Balaban J connectivity index is 1.61. The lowest BCUT2D eigenvalue weighted by Gasteiger charge is -2.31. The van der Waals surface area contributed by atoms with Gasteiger partial charge in [-0.1, -0.05) is 12.1 Å². The number of amides is 2. The summed E-state index contributed by atoms with van der Waals surface area (Å²) in [5.41, 5.74) is 1.99. The van der Waals surface area contributed by atoms with Crippen LogP contribution in [0.2, 0.25) is 0 Å². The zero-order valence-electron chi connectivity index (χ0n) is 19.6. The van der Waals surface area contributed by atoms with Gasteiger partial charge < -0.3 is 20.1 Å². The molecule has 174 valence electrons. The van der Waals surface area contributed by atoms with Crippen molar-refractivity contribution >= 4 is 23.5 Å². The van der Waals surface area contributed by atoms with Crippen LogP contribution in [0, 0.1) is 0 Å². The van der Waals surface area contributed by atoms with E-state index in [0.717, 1.165) is 36.3 Å². The molecule has 0 aliphatic carbocycles. The predicted molar refractivity (Wildman–Crippen MR) is 123 cm³/mol. The summed E-state index contributed by atoms with van der Waals surface area (Å²) in [6.45, 7) is 9.33. The Morgan fingerprint density at radius 3 is 2.59 bits per heavy atom. The lowest BCUT2D eigenvalue weighted by Crippen LogP contribution is -2.41. The molecule has 3 heterocycles. The molecule has 3 atom stereocenters. The van der Waals surface area contributed by atoms with E-state index in [-0.39, 0.29) is 24.7 Å². The van der Waals surface area contributed by atoms with Gasteiger partial charge in [-0.2, -0.15) is 0 Å². The fraction of sp³-hybridized carbons (Fsp3) is 0.583. The zero-order chi connectivity index (χ0) is 23.3. The first-order valence-electron chi connectivity index (χ1n) is 11.3. The standard InChI is InChI=1S/C24H34N4O4/c1-15-12-17(13-16(2)31-15)18-8-6-9-19(26-18)20-10-7-11-21(27-20)28-22(29)14-25-23(30)32-24(3,4)5/h6,8-10,15-17H,7,11-14H2,1-5H3,(H,25,30)(H,27,28,29)/t15-,16+,17?. The van der Waals surface area contributed by atoms with Crippen molar-refractivity contribution < 1.29 is 19.1 Å². The van der Waals surface area contributed by atoms with Gasteiger partial charge in [0.15, 0.2) is 0 Å². The van der Waals surface area contributed by atoms with Gasteiger partial charge in [0.2, 0.25) is 5.91 Å². The quantitative estimate of drug-likeness (QED) is 0.736. The minimum absolute atomic E-state index is 0.180. The second-order valence-electron chi connectivity index (χ2n) is 9.46. The van der Waals surface area contributed by atoms with Crippen molar-refractivity contribution in [3.63, 3.8) is 0 Å². The number of hydrogen-bond acceptors (Lipinski definition) is 6. The van der Waals surface area contributed by atoms with Gasteiger partial charge >= 0.3 is 6.09 Å². The van der Waals surface area contributed by atoms with E-state index >= 15 is 0 Å². The molecular formula is C24H34N4O4. The highest BCUT2D eigenvalue weighted by atomic mass is 16.6. The summed E-state index contributed by atoms with van der Waals surface area (Å²) in [5, 5.41) is 5.24. The number of hydrogen-bond donors (Lipinski definition) is 2. The Morgan fingerprint density at radius 2 is 1.91 bits per heavy atom. The molecule has 3 rings (SSSR count). The molecule has 0 spiro atoms. The van der Waals surface area contributed by atoms with E-state index in [1.165, 1.54) is 0 Å². The summed E-state index contributed by atoms with van der Waals surface area (Å²) >= 11 is 0. The Morgan fingerprint density at radius 1 is 1.19 bits per heavy atom. The topological polar surface area (TPSA) is 102 Å². The first kappa shape index (κ1) is 23.9. The van der Waals surface area contributed by atoms with Gasteiger partial charge in [-0.3, -0.25) is 9.78 Å². The Kier molecular flexibility index (Phi) is 7.66. The Hall–Kier alpha value is -2.74.